The first-order valence-corrected chi connectivity index (χ1v) is 5.82. The molecule has 17 heavy (non-hydrogen) atoms. The summed E-state index contributed by atoms with van der Waals surface area (Å²) in [5.41, 5.74) is 2.05. The van der Waals surface area contributed by atoms with Crippen molar-refractivity contribution in [3.63, 3.8) is 0 Å². The molecule has 1 rings (SSSR count). The van der Waals surface area contributed by atoms with Crippen LogP contribution in [0.1, 0.15) is 18.6 Å². The number of methoxy groups -OCH3 is 1. The summed E-state index contributed by atoms with van der Waals surface area (Å²) in [4.78, 5) is 2.18. The number of nitrogens with zero attached hydrogens (tertiary/aromatic N) is 1. The molecule has 3 nitrogen and oxygen atoms in total. The smallest absolute Gasteiger partial charge is 0.0761 e. The highest BCUT2D eigenvalue weighted by Gasteiger charge is 2.05. The topological polar surface area (TPSA) is 32.7 Å². The second kappa shape index (κ2) is 7.09. The lowest BCUT2D eigenvalue weighted by molar-refractivity contribution is 0.199. The predicted octanol–water partition coefficient (Wildman–Crippen LogP) is 2.38. The van der Waals surface area contributed by atoms with Crippen LogP contribution in [0.4, 0.5) is 5.69 Å². The highest BCUT2D eigenvalue weighted by molar-refractivity contribution is 5.48. The van der Waals surface area contributed by atoms with E-state index in [2.05, 4.69) is 11.5 Å². The highest BCUT2D eigenvalue weighted by Crippen LogP contribution is 2.18. The van der Waals surface area contributed by atoms with Crippen molar-refractivity contribution < 1.29 is 9.84 Å². The number of ether oxygens (including phenoxy) is 1. The summed E-state index contributed by atoms with van der Waals surface area (Å²) in [7, 11) is 1.70. The Kier molecular flexibility index (Phi) is 5.73. The molecule has 0 amide bonds. The fraction of sp³-hybridized carbons (Fsp3) is 0.429. The fourth-order valence-corrected chi connectivity index (χ4v) is 1.65. The van der Waals surface area contributed by atoms with Gasteiger partial charge in [0, 0.05) is 25.9 Å². The quantitative estimate of drug-likeness (QED) is 0.736. The summed E-state index contributed by atoms with van der Waals surface area (Å²) in [5.74, 6) is 0. The van der Waals surface area contributed by atoms with Crippen LogP contribution in [0.3, 0.4) is 0 Å². The Balaban J connectivity index is 2.75. The first kappa shape index (κ1) is 13.7. The van der Waals surface area contributed by atoms with Crippen molar-refractivity contribution in [3.05, 3.63) is 42.5 Å². The van der Waals surface area contributed by atoms with Crippen LogP contribution in [0.5, 0.6) is 0 Å². The first-order chi connectivity index (χ1) is 8.19. The minimum atomic E-state index is -0.420. The van der Waals surface area contributed by atoms with Gasteiger partial charge in [0.25, 0.3) is 0 Å². The minimum absolute atomic E-state index is 0.420. The molecule has 0 aromatic heterocycles. The van der Waals surface area contributed by atoms with Crippen molar-refractivity contribution in [1.29, 1.82) is 0 Å². The van der Waals surface area contributed by atoms with Gasteiger partial charge >= 0.3 is 0 Å². The van der Waals surface area contributed by atoms with E-state index >= 15 is 0 Å². The average Bonchev–Trinajstić information content (AvgIpc) is 2.34. The monoisotopic (exact) mass is 235 g/mol. The maximum atomic E-state index is 9.45. The number of aliphatic hydroxyl groups is 1. The van der Waals surface area contributed by atoms with Gasteiger partial charge in [0.1, 0.15) is 0 Å². The maximum absolute atomic E-state index is 9.45. The number of aliphatic hydroxyl groups excluding tert-OH is 1. The molecule has 0 bridgehead atoms. The van der Waals surface area contributed by atoms with Crippen LogP contribution < -0.4 is 4.90 Å². The normalized spacial score (nSPS) is 12.2. The zero-order valence-electron chi connectivity index (χ0n) is 10.6. The molecule has 0 fully saturated rings. The molecule has 1 aromatic rings. The molecular formula is C14H21NO2. The van der Waals surface area contributed by atoms with Gasteiger partial charge in [-0.3, -0.25) is 0 Å². The number of benzene rings is 1. The van der Waals surface area contributed by atoms with E-state index in [1.165, 1.54) is 0 Å². The van der Waals surface area contributed by atoms with E-state index in [0.717, 1.165) is 24.3 Å². The number of anilines is 1. The van der Waals surface area contributed by atoms with Gasteiger partial charge in [0.15, 0.2) is 0 Å². The minimum Gasteiger partial charge on any atom is -0.389 e. The predicted molar refractivity (Wildman–Crippen MR) is 71.4 cm³/mol. The van der Waals surface area contributed by atoms with E-state index in [9.17, 15) is 5.11 Å². The van der Waals surface area contributed by atoms with Gasteiger partial charge in [-0.1, -0.05) is 18.2 Å². The van der Waals surface area contributed by atoms with E-state index in [0.29, 0.717) is 6.61 Å². The largest absolute Gasteiger partial charge is 0.389 e. The Bertz CT molecular complexity index is 333. The van der Waals surface area contributed by atoms with Crippen molar-refractivity contribution >= 4 is 5.69 Å². The Morgan fingerprint density at radius 3 is 2.53 bits per heavy atom. The first-order valence-electron chi connectivity index (χ1n) is 5.82. The molecule has 1 aromatic carbocycles. The average molecular weight is 235 g/mol. The number of rotatable bonds is 7. The molecule has 0 spiro atoms. The van der Waals surface area contributed by atoms with Gasteiger partial charge in [-0.15, -0.1) is 6.58 Å². The number of hydrogen-bond acceptors (Lipinski definition) is 3. The molecule has 0 aliphatic rings. The lowest BCUT2D eigenvalue weighted by Crippen LogP contribution is -2.27. The molecule has 1 atom stereocenters. The Morgan fingerprint density at radius 2 is 2.06 bits per heavy atom. The van der Waals surface area contributed by atoms with Crippen molar-refractivity contribution in [2.24, 2.45) is 0 Å². The Morgan fingerprint density at radius 1 is 1.41 bits per heavy atom. The van der Waals surface area contributed by atoms with Crippen molar-refractivity contribution in [3.8, 4) is 0 Å². The van der Waals surface area contributed by atoms with E-state index in [4.69, 9.17) is 4.74 Å². The number of hydrogen-bond donors (Lipinski definition) is 1. The molecule has 94 valence electrons. The molecule has 0 saturated heterocycles. The third-order valence-electron chi connectivity index (χ3n) is 2.66. The van der Waals surface area contributed by atoms with Crippen LogP contribution in [0.2, 0.25) is 0 Å². The van der Waals surface area contributed by atoms with E-state index in [-0.39, 0.29) is 0 Å². The summed E-state index contributed by atoms with van der Waals surface area (Å²) in [6, 6.07) is 7.92. The van der Waals surface area contributed by atoms with Gasteiger partial charge in [0.2, 0.25) is 0 Å². The lowest BCUT2D eigenvalue weighted by Gasteiger charge is -2.23. The highest BCUT2D eigenvalue weighted by atomic mass is 16.5. The zero-order valence-corrected chi connectivity index (χ0v) is 10.6. The van der Waals surface area contributed by atoms with Crippen molar-refractivity contribution in [2.75, 3.05) is 31.7 Å². The summed E-state index contributed by atoms with van der Waals surface area (Å²) in [6.07, 6.45) is 1.45. The van der Waals surface area contributed by atoms with Crippen molar-refractivity contribution in [2.45, 2.75) is 13.0 Å². The summed E-state index contributed by atoms with van der Waals surface area (Å²) in [6.45, 7) is 7.83. The standard InChI is InChI=1S/C14H21NO2/c1-4-9-15(10-11-17-3)14-7-5-13(6-8-14)12(2)16/h4-8,12,16H,1,9-11H2,2-3H3. The SMILES string of the molecule is C=CCN(CCOC)c1ccc(C(C)O)cc1. The summed E-state index contributed by atoms with van der Waals surface area (Å²) in [5, 5.41) is 9.45. The van der Waals surface area contributed by atoms with E-state index < -0.39 is 6.10 Å². The molecule has 0 saturated carbocycles. The van der Waals surface area contributed by atoms with Gasteiger partial charge in [-0.2, -0.15) is 0 Å². The van der Waals surface area contributed by atoms with E-state index in [1.807, 2.05) is 30.3 Å². The molecule has 1 unspecified atom stereocenters. The maximum Gasteiger partial charge on any atom is 0.0761 e. The fourth-order valence-electron chi connectivity index (χ4n) is 1.65. The van der Waals surface area contributed by atoms with Crippen LogP contribution >= 0.6 is 0 Å². The molecule has 3 heteroatoms. The molecule has 0 aliphatic heterocycles. The lowest BCUT2D eigenvalue weighted by atomic mass is 10.1. The van der Waals surface area contributed by atoms with Crippen LogP contribution in [0, 0.1) is 0 Å². The van der Waals surface area contributed by atoms with Crippen molar-refractivity contribution in [1.82, 2.24) is 0 Å². The summed E-state index contributed by atoms with van der Waals surface area (Å²) >= 11 is 0. The molecule has 0 radical (unpaired) electrons. The molecule has 0 aliphatic carbocycles. The van der Waals surface area contributed by atoms with Gasteiger partial charge < -0.3 is 14.7 Å². The Labute approximate surface area is 103 Å². The second-order valence-corrected chi connectivity index (χ2v) is 3.99. The summed E-state index contributed by atoms with van der Waals surface area (Å²) < 4.78 is 5.09. The van der Waals surface area contributed by atoms with Crippen LogP contribution in [-0.2, 0) is 4.74 Å². The van der Waals surface area contributed by atoms with Crippen LogP contribution in [0.25, 0.3) is 0 Å². The van der Waals surface area contributed by atoms with Crippen LogP contribution in [0.15, 0.2) is 36.9 Å². The third kappa shape index (κ3) is 4.21. The van der Waals surface area contributed by atoms with Gasteiger partial charge in [0.05, 0.1) is 12.7 Å². The third-order valence-corrected chi connectivity index (χ3v) is 2.66. The van der Waals surface area contributed by atoms with Gasteiger partial charge in [-0.05, 0) is 24.6 Å². The molecular weight excluding hydrogens is 214 g/mol. The van der Waals surface area contributed by atoms with E-state index in [1.54, 1.807) is 14.0 Å². The molecule has 1 N–H and O–H groups in total. The van der Waals surface area contributed by atoms with Gasteiger partial charge in [-0.25, -0.2) is 0 Å². The second-order valence-electron chi connectivity index (χ2n) is 3.99. The molecule has 0 heterocycles. The zero-order chi connectivity index (χ0) is 12.7. The van der Waals surface area contributed by atoms with Crippen LogP contribution in [-0.4, -0.2) is 31.9 Å². The Hall–Kier alpha value is -1.32.